The predicted octanol–water partition coefficient (Wildman–Crippen LogP) is 1.80. The molecule has 0 bridgehead atoms. The van der Waals surface area contributed by atoms with Crippen LogP contribution >= 0.6 is 15.9 Å². The van der Waals surface area contributed by atoms with Gasteiger partial charge in [-0.25, -0.2) is 0 Å². The Morgan fingerprint density at radius 3 is 2.80 bits per heavy atom. The van der Waals surface area contributed by atoms with Crippen LogP contribution < -0.4 is 10.5 Å². The van der Waals surface area contributed by atoms with Gasteiger partial charge in [0.15, 0.2) is 0 Å². The van der Waals surface area contributed by atoms with E-state index in [1.807, 2.05) is 0 Å². The maximum absolute atomic E-state index is 12.4. The van der Waals surface area contributed by atoms with Crippen LogP contribution in [0.1, 0.15) is 23.2 Å². The number of benzene rings is 1. The third-order valence-corrected chi connectivity index (χ3v) is 4.13. The molecule has 0 saturated carbocycles. The molecule has 1 heterocycles. The summed E-state index contributed by atoms with van der Waals surface area (Å²) < 4.78 is 5.87. The van der Waals surface area contributed by atoms with Gasteiger partial charge in [-0.05, 0) is 47.0 Å². The van der Waals surface area contributed by atoms with Crippen molar-refractivity contribution in [3.05, 3.63) is 28.2 Å². The summed E-state index contributed by atoms with van der Waals surface area (Å²) in [6, 6.07) is 5.20. The van der Waals surface area contributed by atoms with E-state index >= 15 is 0 Å². The monoisotopic (exact) mass is 340 g/mol. The molecule has 1 aromatic carbocycles. The molecule has 0 spiro atoms. The minimum absolute atomic E-state index is 0.0840. The maximum atomic E-state index is 12.4. The van der Waals surface area contributed by atoms with Gasteiger partial charge in [-0.15, -0.1) is 0 Å². The number of methoxy groups -OCH3 is 1. The molecular formula is C14H17BrN2O3. The normalized spacial score (nSPS) is 18.7. The van der Waals surface area contributed by atoms with E-state index < -0.39 is 0 Å². The second kappa shape index (κ2) is 6.26. The number of amides is 2. The highest BCUT2D eigenvalue weighted by Gasteiger charge is 2.27. The molecule has 0 unspecified atom stereocenters. The van der Waals surface area contributed by atoms with Gasteiger partial charge in [0.05, 0.1) is 17.5 Å². The van der Waals surface area contributed by atoms with Gasteiger partial charge in [0.1, 0.15) is 5.75 Å². The van der Waals surface area contributed by atoms with Crippen molar-refractivity contribution in [2.24, 2.45) is 11.7 Å². The Kier molecular flexibility index (Phi) is 4.65. The number of nitrogens with two attached hydrogens (primary N) is 1. The maximum Gasteiger partial charge on any atom is 0.253 e. The van der Waals surface area contributed by atoms with Gasteiger partial charge in [0.25, 0.3) is 5.91 Å². The molecule has 6 heteroatoms. The summed E-state index contributed by atoms with van der Waals surface area (Å²) in [6.07, 6.45) is 1.56. The number of carbonyl (C=O) groups excluding carboxylic acids is 2. The molecule has 1 aliphatic rings. The summed E-state index contributed by atoms with van der Waals surface area (Å²) in [5.74, 6) is 0.0160. The first-order chi connectivity index (χ1) is 9.52. The molecule has 108 valence electrons. The number of carbonyl (C=O) groups is 2. The molecule has 1 aromatic rings. The van der Waals surface area contributed by atoms with Crippen LogP contribution in [-0.2, 0) is 4.79 Å². The highest BCUT2D eigenvalue weighted by atomic mass is 79.9. The highest BCUT2D eigenvalue weighted by Crippen LogP contribution is 2.27. The smallest absolute Gasteiger partial charge is 0.253 e. The second-order valence-corrected chi connectivity index (χ2v) is 5.70. The quantitative estimate of drug-likeness (QED) is 0.911. The standard InChI is InChI=1S/C14H17BrN2O3/c1-20-12-5-4-9(7-11(12)15)14(19)17-6-2-3-10(8-17)13(16)18/h4-5,7,10H,2-3,6,8H2,1H3,(H2,16,18)/t10-/m1/s1. The SMILES string of the molecule is COc1ccc(C(=O)N2CCC[C@@H](C(N)=O)C2)cc1Br. The lowest BCUT2D eigenvalue weighted by atomic mass is 9.97. The van der Waals surface area contributed by atoms with Gasteiger partial charge in [-0.3, -0.25) is 9.59 Å². The van der Waals surface area contributed by atoms with E-state index in [9.17, 15) is 9.59 Å². The van der Waals surface area contributed by atoms with E-state index in [4.69, 9.17) is 10.5 Å². The van der Waals surface area contributed by atoms with E-state index in [-0.39, 0.29) is 17.7 Å². The number of hydrogen-bond donors (Lipinski definition) is 1. The third-order valence-electron chi connectivity index (χ3n) is 3.51. The lowest BCUT2D eigenvalue weighted by molar-refractivity contribution is -0.123. The van der Waals surface area contributed by atoms with Crippen molar-refractivity contribution in [1.82, 2.24) is 4.90 Å². The van der Waals surface area contributed by atoms with E-state index in [0.29, 0.717) is 24.4 Å². The molecule has 0 aliphatic carbocycles. The van der Waals surface area contributed by atoms with Crippen molar-refractivity contribution >= 4 is 27.7 Å². The van der Waals surface area contributed by atoms with Crippen molar-refractivity contribution < 1.29 is 14.3 Å². The van der Waals surface area contributed by atoms with Crippen molar-refractivity contribution in [1.29, 1.82) is 0 Å². The van der Waals surface area contributed by atoms with Crippen molar-refractivity contribution in [2.75, 3.05) is 20.2 Å². The fourth-order valence-electron chi connectivity index (χ4n) is 2.38. The third kappa shape index (κ3) is 3.12. The molecule has 0 radical (unpaired) electrons. The number of rotatable bonds is 3. The Hall–Kier alpha value is -1.56. The van der Waals surface area contributed by atoms with E-state index in [1.54, 1.807) is 30.2 Å². The Morgan fingerprint density at radius 1 is 1.45 bits per heavy atom. The summed E-state index contributed by atoms with van der Waals surface area (Å²) in [4.78, 5) is 25.4. The molecule has 1 atom stereocenters. The summed E-state index contributed by atoms with van der Waals surface area (Å²) in [7, 11) is 1.57. The number of piperidine rings is 1. The summed E-state index contributed by atoms with van der Waals surface area (Å²) >= 11 is 3.36. The average molecular weight is 341 g/mol. The first-order valence-electron chi connectivity index (χ1n) is 6.45. The number of halogens is 1. The van der Waals surface area contributed by atoms with Crippen LogP contribution in [0.25, 0.3) is 0 Å². The topological polar surface area (TPSA) is 72.6 Å². The van der Waals surface area contributed by atoms with Gasteiger partial charge in [0, 0.05) is 18.7 Å². The van der Waals surface area contributed by atoms with Gasteiger partial charge in [0.2, 0.25) is 5.91 Å². The van der Waals surface area contributed by atoms with Crippen molar-refractivity contribution in [3.63, 3.8) is 0 Å². The van der Waals surface area contributed by atoms with Crippen LogP contribution in [0.2, 0.25) is 0 Å². The second-order valence-electron chi connectivity index (χ2n) is 4.84. The van der Waals surface area contributed by atoms with Crippen LogP contribution in [0.15, 0.2) is 22.7 Å². The molecule has 5 nitrogen and oxygen atoms in total. The zero-order valence-electron chi connectivity index (χ0n) is 11.3. The zero-order chi connectivity index (χ0) is 14.7. The first kappa shape index (κ1) is 14.8. The Morgan fingerprint density at radius 2 is 2.20 bits per heavy atom. The van der Waals surface area contributed by atoms with E-state index in [1.165, 1.54) is 0 Å². The van der Waals surface area contributed by atoms with Gasteiger partial charge >= 0.3 is 0 Å². The Bertz CT molecular complexity index is 533. The molecule has 1 saturated heterocycles. The van der Waals surface area contributed by atoms with Crippen LogP contribution in [0.3, 0.4) is 0 Å². The molecule has 0 aromatic heterocycles. The largest absolute Gasteiger partial charge is 0.496 e. The predicted molar refractivity (Wildman–Crippen MR) is 78.5 cm³/mol. The van der Waals surface area contributed by atoms with Gasteiger partial charge < -0.3 is 15.4 Å². The van der Waals surface area contributed by atoms with Crippen LogP contribution in [0, 0.1) is 5.92 Å². The zero-order valence-corrected chi connectivity index (χ0v) is 12.9. The number of likely N-dealkylation sites (tertiary alicyclic amines) is 1. The summed E-state index contributed by atoms with van der Waals surface area (Å²) in [6.45, 7) is 1.06. The van der Waals surface area contributed by atoms with Crippen LogP contribution in [0.5, 0.6) is 5.75 Å². The molecular weight excluding hydrogens is 324 g/mol. The molecule has 2 N–H and O–H groups in total. The van der Waals surface area contributed by atoms with Crippen LogP contribution in [0.4, 0.5) is 0 Å². The molecule has 2 rings (SSSR count). The fraction of sp³-hybridized carbons (Fsp3) is 0.429. The minimum atomic E-state index is -0.335. The number of ether oxygens (including phenoxy) is 1. The number of hydrogen-bond acceptors (Lipinski definition) is 3. The number of nitrogens with zero attached hydrogens (tertiary/aromatic N) is 1. The first-order valence-corrected chi connectivity index (χ1v) is 7.24. The minimum Gasteiger partial charge on any atom is -0.496 e. The van der Waals surface area contributed by atoms with Crippen molar-refractivity contribution in [3.8, 4) is 5.75 Å². The van der Waals surface area contributed by atoms with Gasteiger partial charge in [-0.2, -0.15) is 0 Å². The van der Waals surface area contributed by atoms with Gasteiger partial charge in [-0.1, -0.05) is 0 Å². The Balaban J connectivity index is 2.14. The molecule has 20 heavy (non-hydrogen) atoms. The fourth-order valence-corrected chi connectivity index (χ4v) is 2.92. The Labute approximate surface area is 126 Å². The number of primary amides is 1. The molecule has 2 amide bonds. The summed E-state index contributed by atoms with van der Waals surface area (Å²) in [5.41, 5.74) is 5.90. The summed E-state index contributed by atoms with van der Waals surface area (Å²) in [5, 5.41) is 0. The van der Waals surface area contributed by atoms with Crippen molar-refractivity contribution in [2.45, 2.75) is 12.8 Å². The van der Waals surface area contributed by atoms with E-state index in [0.717, 1.165) is 17.3 Å². The molecule has 1 fully saturated rings. The highest BCUT2D eigenvalue weighted by molar-refractivity contribution is 9.10. The van der Waals surface area contributed by atoms with E-state index in [2.05, 4.69) is 15.9 Å². The van der Waals surface area contributed by atoms with Crippen LogP contribution in [-0.4, -0.2) is 36.9 Å². The molecule has 1 aliphatic heterocycles. The lowest BCUT2D eigenvalue weighted by Crippen LogP contribution is -2.44. The lowest BCUT2D eigenvalue weighted by Gasteiger charge is -2.31. The average Bonchev–Trinajstić information content (AvgIpc) is 2.46.